The van der Waals surface area contributed by atoms with Crippen LogP contribution in [0.25, 0.3) is 0 Å². The Morgan fingerprint density at radius 1 is 1.28 bits per heavy atom. The molecule has 1 N–H and O–H groups in total. The van der Waals surface area contributed by atoms with Crippen LogP contribution in [-0.4, -0.2) is 36.8 Å². The summed E-state index contributed by atoms with van der Waals surface area (Å²) in [6.07, 6.45) is 3.88. The Kier molecular flexibility index (Phi) is 6.11. The number of amides is 1. The third kappa shape index (κ3) is 4.59. The Bertz CT molecular complexity index is 867. The smallest absolute Gasteiger partial charge is 0.264 e. The molecule has 1 amide bonds. The summed E-state index contributed by atoms with van der Waals surface area (Å²) in [7, 11) is 0. The number of hydrogen-bond donors (Lipinski definition) is 1. The minimum Gasteiger partial charge on any atom is -0.493 e. The lowest BCUT2D eigenvalue weighted by atomic mass is 9.96. The predicted molar refractivity (Wildman–Crippen MR) is 115 cm³/mol. The van der Waals surface area contributed by atoms with Gasteiger partial charge in [-0.25, -0.2) is 4.39 Å². The maximum Gasteiger partial charge on any atom is 0.264 e. The summed E-state index contributed by atoms with van der Waals surface area (Å²) in [5.74, 6) is 0.496. The van der Waals surface area contributed by atoms with Crippen LogP contribution in [0.15, 0.2) is 42.5 Å². The van der Waals surface area contributed by atoms with Gasteiger partial charge in [-0.15, -0.1) is 0 Å². The quantitative estimate of drug-likeness (QED) is 0.631. The van der Waals surface area contributed by atoms with Crippen molar-refractivity contribution >= 4 is 17.9 Å². The fourth-order valence-electron chi connectivity index (χ4n) is 3.91. The van der Waals surface area contributed by atoms with Crippen molar-refractivity contribution in [3.63, 3.8) is 0 Å². The summed E-state index contributed by atoms with van der Waals surface area (Å²) in [6.45, 7) is 4.76. The Labute approximate surface area is 175 Å². The van der Waals surface area contributed by atoms with Gasteiger partial charge in [0, 0.05) is 37.4 Å². The lowest BCUT2D eigenvalue weighted by molar-refractivity contribution is 0.0307. The van der Waals surface area contributed by atoms with Gasteiger partial charge in [0.15, 0.2) is 0 Å². The Morgan fingerprint density at radius 3 is 2.66 bits per heavy atom. The zero-order valence-electron chi connectivity index (χ0n) is 16.9. The third-order valence-electron chi connectivity index (χ3n) is 5.85. The average Bonchev–Trinajstić information content (AvgIpc) is 3.52. The van der Waals surface area contributed by atoms with Crippen molar-refractivity contribution in [1.29, 1.82) is 0 Å². The van der Waals surface area contributed by atoms with Gasteiger partial charge >= 0.3 is 0 Å². The summed E-state index contributed by atoms with van der Waals surface area (Å²) in [6, 6.07) is 14.0. The van der Waals surface area contributed by atoms with Crippen LogP contribution < -0.4 is 9.46 Å². The normalized spacial score (nSPS) is 18.2. The number of carbonyl (C=O) groups excluding carboxylic acids is 1. The highest BCUT2D eigenvalue weighted by atomic mass is 32.2. The second-order valence-electron chi connectivity index (χ2n) is 8.00. The molecule has 154 valence electrons. The zero-order chi connectivity index (χ0) is 20.4. The number of rotatable bonds is 8. The standard InChI is InChI=1S/C23H27FN2O2S/c1-15(17-6-4-3-5-7-17)26-12-16(13-26)14-28-22-11-21(24)20(23(27)25-29-2)10-19(22)18-8-9-18/h3-7,10-11,15-16,18H,8-9,12-14H2,1-2H3,(H,25,27). The summed E-state index contributed by atoms with van der Waals surface area (Å²) < 4.78 is 23.2. The van der Waals surface area contributed by atoms with Gasteiger partial charge in [-0.2, -0.15) is 0 Å². The third-order valence-corrected chi connectivity index (χ3v) is 6.24. The summed E-state index contributed by atoms with van der Waals surface area (Å²) >= 11 is 1.17. The van der Waals surface area contributed by atoms with E-state index >= 15 is 0 Å². The van der Waals surface area contributed by atoms with E-state index in [-0.39, 0.29) is 5.56 Å². The molecule has 1 aliphatic heterocycles. The van der Waals surface area contributed by atoms with Crippen LogP contribution >= 0.6 is 11.9 Å². The molecular formula is C23H27FN2O2S. The van der Waals surface area contributed by atoms with Crippen molar-refractivity contribution < 1.29 is 13.9 Å². The lowest BCUT2D eigenvalue weighted by Gasteiger charge is -2.43. The van der Waals surface area contributed by atoms with Crippen LogP contribution in [0.2, 0.25) is 0 Å². The second-order valence-corrected chi connectivity index (χ2v) is 8.61. The molecule has 4 rings (SSSR count). The molecule has 2 aliphatic rings. The first-order valence-corrected chi connectivity index (χ1v) is 11.4. The largest absolute Gasteiger partial charge is 0.493 e. The maximum absolute atomic E-state index is 14.5. The van der Waals surface area contributed by atoms with Crippen LogP contribution in [0.5, 0.6) is 5.75 Å². The highest BCUT2D eigenvalue weighted by Gasteiger charge is 2.33. The van der Waals surface area contributed by atoms with Gasteiger partial charge in [-0.3, -0.25) is 14.4 Å². The van der Waals surface area contributed by atoms with E-state index in [9.17, 15) is 9.18 Å². The fourth-order valence-corrected chi connectivity index (χ4v) is 4.21. The molecule has 1 saturated heterocycles. The van der Waals surface area contributed by atoms with E-state index in [1.807, 2.05) is 6.07 Å². The van der Waals surface area contributed by atoms with E-state index in [0.29, 0.717) is 30.2 Å². The summed E-state index contributed by atoms with van der Waals surface area (Å²) in [5.41, 5.74) is 2.38. The molecule has 2 aromatic carbocycles. The second kappa shape index (κ2) is 8.76. The number of nitrogens with zero attached hydrogens (tertiary/aromatic N) is 1. The molecule has 1 heterocycles. The molecule has 1 unspecified atom stereocenters. The Morgan fingerprint density at radius 2 is 2.00 bits per heavy atom. The molecule has 0 radical (unpaired) electrons. The van der Waals surface area contributed by atoms with E-state index in [2.05, 4.69) is 40.8 Å². The van der Waals surface area contributed by atoms with Crippen molar-refractivity contribution in [2.24, 2.45) is 5.92 Å². The highest BCUT2D eigenvalue weighted by molar-refractivity contribution is 7.97. The highest BCUT2D eigenvalue weighted by Crippen LogP contribution is 2.45. The molecule has 6 heteroatoms. The summed E-state index contributed by atoms with van der Waals surface area (Å²) in [5, 5.41) is 0. The van der Waals surface area contributed by atoms with Gasteiger partial charge in [0.25, 0.3) is 5.91 Å². The van der Waals surface area contributed by atoms with Crippen LogP contribution in [0.1, 0.15) is 53.2 Å². The topological polar surface area (TPSA) is 41.6 Å². The number of benzene rings is 2. The summed E-state index contributed by atoms with van der Waals surface area (Å²) in [4.78, 5) is 14.5. The van der Waals surface area contributed by atoms with Gasteiger partial charge < -0.3 is 4.74 Å². The fraction of sp³-hybridized carbons (Fsp3) is 0.435. The van der Waals surface area contributed by atoms with E-state index in [4.69, 9.17) is 4.74 Å². The average molecular weight is 415 g/mol. The molecule has 4 nitrogen and oxygen atoms in total. The molecule has 0 aromatic heterocycles. The molecule has 0 spiro atoms. The van der Waals surface area contributed by atoms with Gasteiger partial charge in [0.2, 0.25) is 0 Å². The van der Waals surface area contributed by atoms with Crippen molar-refractivity contribution in [3.8, 4) is 5.75 Å². The van der Waals surface area contributed by atoms with Crippen LogP contribution in [-0.2, 0) is 0 Å². The van der Waals surface area contributed by atoms with Gasteiger partial charge in [0.1, 0.15) is 11.6 Å². The van der Waals surface area contributed by atoms with E-state index < -0.39 is 11.7 Å². The van der Waals surface area contributed by atoms with Crippen LogP contribution in [0, 0.1) is 11.7 Å². The molecule has 2 fully saturated rings. The monoisotopic (exact) mass is 414 g/mol. The molecule has 1 aliphatic carbocycles. The van der Waals surface area contributed by atoms with Crippen molar-refractivity contribution in [2.75, 3.05) is 26.0 Å². The molecular weight excluding hydrogens is 387 g/mol. The number of carbonyl (C=O) groups is 1. The number of hydrogen-bond acceptors (Lipinski definition) is 4. The van der Waals surface area contributed by atoms with Gasteiger partial charge in [-0.05, 0) is 42.9 Å². The van der Waals surface area contributed by atoms with Gasteiger partial charge in [-0.1, -0.05) is 42.3 Å². The minimum absolute atomic E-state index is 0.0973. The number of nitrogens with one attached hydrogen (secondary N) is 1. The van der Waals surface area contributed by atoms with Crippen LogP contribution in [0.4, 0.5) is 4.39 Å². The van der Waals surface area contributed by atoms with E-state index in [1.165, 1.54) is 23.6 Å². The molecule has 1 saturated carbocycles. The van der Waals surface area contributed by atoms with Crippen molar-refractivity contribution in [2.45, 2.75) is 31.7 Å². The van der Waals surface area contributed by atoms with Gasteiger partial charge in [0.05, 0.1) is 12.2 Å². The molecule has 2 aromatic rings. The van der Waals surface area contributed by atoms with Crippen molar-refractivity contribution in [3.05, 3.63) is 65.0 Å². The Hall–Kier alpha value is -2.05. The molecule has 29 heavy (non-hydrogen) atoms. The zero-order valence-corrected chi connectivity index (χ0v) is 17.7. The van der Waals surface area contributed by atoms with Crippen molar-refractivity contribution in [1.82, 2.24) is 9.62 Å². The molecule has 0 bridgehead atoms. The lowest BCUT2D eigenvalue weighted by Crippen LogP contribution is -2.50. The molecule has 1 atom stereocenters. The van der Waals surface area contributed by atoms with E-state index in [0.717, 1.165) is 31.5 Å². The predicted octanol–water partition coefficient (Wildman–Crippen LogP) is 4.78. The number of ether oxygens (including phenoxy) is 1. The first-order chi connectivity index (χ1) is 14.1. The number of likely N-dealkylation sites (tertiary alicyclic amines) is 1. The van der Waals surface area contributed by atoms with E-state index in [1.54, 1.807) is 12.3 Å². The maximum atomic E-state index is 14.5. The van der Waals surface area contributed by atoms with Crippen LogP contribution in [0.3, 0.4) is 0 Å². The Balaban J connectivity index is 1.37. The first-order valence-electron chi connectivity index (χ1n) is 10.2. The number of halogens is 1. The first kappa shape index (κ1) is 20.2. The minimum atomic E-state index is -0.524. The SMILES string of the molecule is CSNC(=O)c1cc(C2CC2)c(OCC2CN(C(C)c3ccccc3)C2)cc1F.